The molecule has 3 heteroatoms. The number of hydrogen-bond acceptors (Lipinski definition) is 2. The molecule has 0 N–H and O–H groups in total. The predicted octanol–water partition coefficient (Wildman–Crippen LogP) is 3.64. The normalized spacial score (nSPS) is 30.4. The summed E-state index contributed by atoms with van der Waals surface area (Å²) in [6.07, 6.45) is 11.9. The Hall–Kier alpha value is -1.64. The molecule has 1 aliphatic rings. The van der Waals surface area contributed by atoms with Crippen molar-refractivity contribution in [2.45, 2.75) is 27.2 Å². The van der Waals surface area contributed by atoms with Gasteiger partial charge >= 0.3 is 0 Å². The van der Waals surface area contributed by atoms with Crippen LogP contribution in [0.4, 0.5) is 0 Å². The van der Waals surface area contributed by atoms with Crippen LogP contribution in [-0.4, -0.2) is 4.92 Å². The first-order valence-corrected chi connectivity index (χ1v) is 5.30. The van der Waals surface area contributed by atoms with Gasteiger partial charge in [0.25, 0.3) is 5.70 Å². The third kappa shape index (κ3) is 3.19. The summed E-state index contributed by atoms with van der Waals surface area (Å²) in [5, 5.41) is 11.0. The van der Waals surface area contributed by atoms with E-state index in [2.05, 4.69) is 0 Å². The number of hydrogen-bond donors (Lipinski definition) is 0. The predicted molar refractivity (Wildman–Crippen MR) is 65.5 cm³/mol. The van der Waals surface area contributed by atoms with Crippen LogP contribution in [0.25, 0.3) is 0 Å². The molecule has 0 bridgehead atoms. The molecule has 0 aromatic heterocycles. The van der Waals surface area contributed by atoms with Gasteiger partial charge in [-0.25, -0.2) is 0 Å². The van der Waals surface area contributed by atoms with Gasteiger partial charge in [0.15, 0.2) is 0 Å². The van der Waals surface area contributed by atoms with E-state index in [0.717, 1.165) is 5.57 Å². The van der Waals surface area contributed by atoms with E-state index in [1.807, 2.05) is 51.2 Å². The fourth-order valence-corrected chi connectivity index (χ4v) is 1.58. The highest BCUT2D eigenvalue weighted by atomic mass is 16.6. The number of nitrogens with zero attached hydrogens (tertiary/aromatic N) is 1. The Labute approximate surface area is 96.0 Å². The van der Waals surface area contributed by atoms with Gasteiger partial charge in [-0.2, -0.15) is 0 Å². The van der Waals surface area contributed by atoms with E-state index in [0.29, 0.717) is 6.42 Å². The SMILES string of the molecule is CC1=C\C=C/C=C/CC(C)(C)/C([N+](=O)[O-])=C\1. The van der Waals surface area contributed by atoms with Crippen molar-refractivity contribution in [3.8, 4) is 0 Å². The van der Waals surface area contributed by atoms with Crippen LogP contribution in [0.3, 0.4) is 0 Å². The van der Waals surface area contributed by atoms with E-state index in [1.165, 1.54) is 0 Å². The standard InChI is InChI=1S/C13H17NO2/c1-11-8-6-4-5-7-9-13(2,3)12(10-11)14(15)16/h4-8,10H,9H2,1-3H3/b6-4-,7-5+,11-8+,12-10+. The van der Waals surface area contributed by atoms with Crippen molar-refractivity contribution >= 4 is 0 Å². The summed E-state index contributed by atoms with van der Waals surface area (Å²) in [6.45, 7) is 5.66. The molecule has 16 heavy (non-hydrogen) atoms. The highest BCUT2D eigenvalue weighted by molar-refractivity contribution is 5.28. The fraction of sp³-hybridized carbons (Fsp3) is 0.385. The summed E-state index contributed by atoms with van der Waals surface area (Å²) >= 11 is 0. The van der Waals surface area contributed by atoms with Crippen molar-refractivity contribution in [3.05, 3.63) is 57.8 Å². The molecular weight excluding hydrogens is 202 g/mol. The Kier molecular flexibility index (Phi) is 3.82. The Balaban J connectivity index is 3.23. The summed E-state index contributed by atoms with van der Waals surface area (Å²) in [7, 11) is 0. The number of rotatable bonds is 1. The Morgan fingerprint density at radius 2 is 2.00 bits per heavy atom. The lowest BCUT2D eigenvalue weighted by atomic mass is 9.84. The van der Waals surface area contributed by atoms with Gasteiger partial charge in [-0.05, 0) is 32.8 Å². The third-order valence-corrected chi connectivity index (χ3v) is 2.60. The first-order valence-electron chi connectivity index (χ1n) is 5.30. The minimum absolute atomic E-state index is 0.265. The number of allylic oxidation sites excluding steroid dienone is 8. The molecule has 86 valence electrons. The van der Waals surface area contributed by atoms with Gasteiger partial charge < -0.3 is 0 Å². The Bertz CT molecular complexity index is 398. The minimum atomic E-state index is -0.444. The van der Waals surface area contributed by atoms with Crippen LogP contribution in [0.5, 0.6) is 0 Å². The number of nitro groups is 1. The van der Waals surface area contributed by atoms with Gasteiger partial charge in [0.2, 0.25) is 0 Å². The van der Waals surface area contributed by atoms with Gasteiger partial charge in [-0.1, -0.05) is 30.4 Å². The quantitative estimate of drug-likeness (QED) is 0.499. The van der Waals surface area contributed by atoms with Crippen molar-refractivity contribution in [2.75, 3.05) is 0 Å². The lowest BCUT2D eigenvalue weighted by molar-refractivity contribution is -0.439. The largest absolute Gasteiger partial charge is 0.259 e. The zero-order valence-electron chi connectivity index (χ0n) is 9.93. The average Bonchev–Trinajstić information content (AvgIpc) is 2.18. The lowest BCUT2D eigenvalue weighted by Gasteiger charge is -2.19. The summed E-state index contributed by atoms with van der Waals surface area (Å²) < 4.78 is 0. The van der Waals surface area contributed by atoms with Gasteiger partial charge in [-0.3, -0.25) is 10.1 Å². The molecule has 0 fully saturated rings. The Morgan fingerprint density at radius 3 is 2.62 bits per heavy atom. The fourth-order valence-electron chi connectivity index (χ4n) is 1.58. The van der Waals surface area contributed by atoms with Crippen molar-refractivity contribution in [1.82, 2.24) is 0 Å². The van der Waals surface area contributed by atoms with Gasteiger partial charge in [0.1, 0.15) is 0 Å². The lowest BCUT2D eigenvalue weighted by Crippen LogP contribution is -2.20. The molecule has 0 spiro atoms. The molecule has 1 rings (SSSR count). The summed E-state index contributed by atoms with van der Waals surface area (Å²) in [4.78, 5) is 10.8. The maximum absolute atomic E-state index is 11.0. The smallest absolute Gasteiger partial charge is 0.252 e. The molecule has 0 atom stereocenters. The molecule has 0 aliphatic heterocycles. The topological polar surface area (TPSA) is 43.1 Å². The second-order valence-electron chi connectivity index (χ2n) is 4.60. The van der Waals surface area contributed by atoms with Crippen molar-refractivity contribution in [3.63, 3.8) is 0 Å². The minimum Gasteiger partial charge on any atom is -0.259 e. The first kappa shape index (κ1) is 12.4. The molecule has 1 aliphatic carbocycles. The molecule has 0 aromatic rings. The van der Waals surface area contributed by atoms with Crippen LogP contribution in [-0.2, 0) is 0 Å². The molecule has 0 amide bonds. The molecule has 0 radical (unpaired) electrons. The molecule has 3 nitrogen and oxygen atoms in total. The van der Waals surface area contributed by atoms with E-state index in [9.17, 15) is 10.1 Å². The van der Waals surface area contributed by atoms with Crippen LogP contribution in [0.2, 0.25) is 0 Å². The van der Waals surface area contributed by atoms with E-state index >= 15 is 0 Å². The second-order valence-corrected chi connectivity index (χ2v) is 4.60. The summed E-state index contributed by atoms with van der Waals surface area (Å²) in [6, 6.07) is 0. The van der Waals surface area contributed by atoms with Crippen molar-refractivity contribution in [2.24, 2.45) is 5.41 Å². The van der Waals surface area contributed by atoms with Gasteiger partial charge in [-0.15, -0.1) is 0 Å². The molecular formula is C13H17NO2. The van der Waals surface area contributed by atoms with Crippen LogP contribution in [0.1, 0.15) is 27.2 Å². The van der Waals surface area contributed by atoms with E-state index in [4.69, 9.17) is 0 Å². The summed E-state index contributed by atoms with van der Waals surface area (Å²) in [5.74, 6) is 0. The van der Waals surface area contributed by atoms with Crippen LogP contribution in [0.15, 0.2) is 47.7 Å². The van der Waals surface area contributed by atoms with Crippen LogP contribution in [0, 0.1) is 15.5 Å². The van der Waals surface area contributed by atoms with Gasteiger partial charge in [0, 0.05) is 6.08 Å². The van der Waals surface area contributed by atoms with E-state index in [1.54, 1.807) is 6.08 Å². The van der Waals surface area contributed by atoms with Crippen molar-refractivity contribution < 1.29 is 4.92 Å². The third-order valence-electron chi connectivity index (χ3n) is 2.60. The molecule has 0 aromatic carbocycles. The Morgan fingerprint density at radius 1 is 1.31 bits per heavy atom. The zero-order valence-corrected chi connectivity index (χ0v) is 9.93. The first-order chi connectivity index (χ1) is 7.43. The average molecular weight is 219 g/mol. The summed E-state index contributed by atoms with van der Waals surface area (Å²) in [5.41, 5.74) is 0.716. The van der Waals surface area contributed by atoms with Crippen molar-refractivity contribution in [1.29, 1.82) is 0 Å². The highest BCUT2D eigenvalue weighted by Gasteiger charge is 2.31. The maximum atomic E-state index is 11.0. The molecule has 0 heterocycles. The van der Waals surface area contributed by atoms with Gasteiger partial charge in [0.05, 0.1) is 10.3 Å². The van der Waals surface area contributed by atoms with Crippen LogP contribution < -0.4 is 0 Å². The van der Waals surface area contributed by atoms with E-state index < -0.39 is 5.41 Å². The van der Waals surface area contributed by atoms with Crippen LogP contribution >= 0.6 is 0 Å². The molecule has 0 saturated heterocycles. The maximum Gasteiger partial charge on any atom is 0.252 e. The monoisotopic (exact) mass is 219 g/mol. The van der Waals surface area contributed by atoms with E-state index in [-0.39, 0.29) is 10.6 Å². The molecule has 0 unspecified atom stereocenters. The zero-order chi connectivity index (χ0) is 12.2. The molecule has 0 saturated carbocycles. The second kappa shape index (κ2) is 4.92. The highest BCUT2D eigenvalue weighted by Crippen LogP contribution is 2.32.